The Morgan fingerprint density at radius 3 is 2.48 bits per heavy atom. The zero-order chi connectivity index (χ0) is 22.8. The average Bonchev–Trinajstić information content (AvgIpc) is 3.24. The number of hydrogen-bond donors (Lipinski definition) is 1. The van der Waals surface area contributed by atoms with Gasteiger partial charge in [0.25, 0.3) is 10.0 Å². The lowest BCUT2D eigenvalue weighted by Crippen LogP contribution is -2.23. The maximum Gasteiger partial charge on any atom is 0.276 e. The highest BCUT2D eigenvalue weighted by atomic mass is 32.2. The first-order valence-corrected chi connectivity index (χ1v) is 11.9. The standard InChI is InChI=1S/C25H21N5O2S/c1-18-13-15-20(16-14-18)33(31,32)29-27-24(17-30-25-12-5-4-11-23(25)26-28-30)22-10-6-8-19-7-2-3-9-21(19)22/h2-16,29H,17H2,1H3/b27-24-. The Labute approximate surface area is 191 Å². The van der Waals surface area contributed by atoms with Gasteiger partial charge in [-0.1, -0.05) is 77.5 Å². The number of nitrogens with one attached hydrogen (secondary N) is 1. The fraction of sp³-hybridized carbons (Fsp3) is 0.0800. The fourth-order valence-electron chi connectivity index (χ4n) is 3.72. The smallest absolute Gasteiger partial charge is 0.239 e. The van der Waals surface area contributed by atoms with Gasteiger partial charge in [0.05, 0.1) is 22.7 Å². The molecule has 0 atom stereocenters. The molecule has 0 spiro atoms. The minimum Gasteiger partial charge on any atom is -0.239 e. The minimum atomic E-state index is -3.84. The SMILES string of the molecule is Cc1ccc(S(=O)(=O)N/N=C(/Cn2nnc3ccccc32)c2cccc3ccccc23)cc1. The van der Waals surface area contributed by atoms with E-state index in [9.17, 15) is 8.42 Å². The van der Waals surface area contributed by atoms with Gasteiger partial charge in [0, 0.05) is 5.56 Å². The Kier molecular flexibility index (Phi) is 5.35. The van der Waals surface area contributed by atoms with Crippen LogP contribution < -0.4 is 4.83 Å². The second-order valence-electron chi connectivity index (χ2n) is 7.73. The lowest BCUT2D eigenvalue weighted by atomic mass is 10.0. The summed E-state index contributed by atoms with van der Waals surface area (Å²) in [5.41, 5.74) is 3.92. The van der Waals surface area contributed by atoms with Crippen LogP contribution in [0.15, 0.2) is 101 Å². The van der Waals surface area contributed by atoms with Crippen LogP contribution >= 0.6 is 0 Å². The van der Waals surface area contributed by atoms with E-state index in [4.69, 9.17) is 0 Å². The summed E-state index contributed by atoms with van der Waals surface area (Å²) in [7, 11) is -3.84. The van der Waals surface area contributed by atoms with Crippen molar-refractivity contribution in [2.75, 3.05) is 0 Å². The van der Waals surface area contributed by atoms with Crippen LogP contribution in [0, 0.1) is 6.92 Å². The molecule has 8 heteroatoms. The van der Waals surface area contributed by atoms with Gasteiger partial charge >= 0.3 is 0 Å². The Balaban J connectivity index is 1.60. The predicted octanol–water partition coefficient (Wildman–Crippen LogP) is 4.28. The van der Waals surface area contributed by atoms with E-state index in [0.717, 1.165) is 32.9 Å². The normalized spacial score (nSPS) is 12.3. The molecule has 4 aromatic carbocycles. The van der Waals surface area contributed by atoms with Gasteiger partial charge in [0.2, 0.25) is 0 Å². The topological polar surface area (TPSA) is 89.2 Å². The van der Waals surface area contributed by atoms with Crippen molar-refractivity contribution in [2.24, 2.45) is 5.10 Å². The van der Waals surface area contributed by atoms with Crippen LogP contribution in [0.25, 0.3) is 21.8 Å². The zero-order valence-corrected chi connectivity index (χ0v) is 18.7. The summed E-state index contributed by atoms with van der Waals surface area (Å²) in [6, 6.07) is 28.1. The van der Waals surface area contributed by atoms with Crippen molar-refractivity contribution in [2.45, 2.75) is 18.4 Å². The summed E-state index contributed by atoms with van der Waals surface area (Å²) in [4.78, 5) is 2.57. The number of aromatic nitrogens is 3. The maximum atomic E-state index is 12.9. The lowest BCUT2D eigenvalue weighted by molar-refractivity contribution is 0.584. The highest BCUT2D eigenvalue weighted by molar-refractivity contribution is 7.89. The third kappa shape index (κ3) is 4.20. The molecule has 7 nitrogen and oxygen atoms in total. The Morgan fingerprint density at radius 1 is 0.909 bits per heavy atom. The molecule has 1 N–H and O–H groups in total. The Hall–Kier alpha value is -4.04. The van der Waals surface area contributed by atoms with Crippen molar-refractivity contribution in [1.82, 2.24) is 19.8 Å². The molecule has 0 unspecified atom stereocenters. The molecule has 5 rings (SSSR count). The largest absolute Gasteiger partial charge is 0.276 e. The summed E-state index contributed by atoms with van der Waals surface area (Å²) in [5.74, 6) is 0. The number of hydrazone groups is 1. The predicted molar refractivity (Wildman–Crippen MR) is 130 cm³/mol. The summed E-state index contributed by atoms with van der Waals surface area (Å²) >= 11 is 0. The van der Waals surface area contributed by atoms with Crippen molar-refractivity contribution in [3.8, 4) is 0 Å². The number of benzene rings is 4. The molecule has 0 amide bonds. The molecule has 0 aliphatic rings. The number of fused-ring (bicyclic) bond motifs is 2. The van der Waals surface area contributed by atoms with Crippen LogP contribution in [-0.4, -0.2) is 29.1 Å². The van der Waals surface area contributed by atoms with E-state index in [0.29, 0.717) is 5.71 Å². The second kappa shape index (κ2) is 8.48. The fourth-order valence-corrected chi connectivity index (χ4v) is 4.55. The lowest BCUT2D eigenvalue weighted by Gasteiger charge is -2.12. The van der Waals surface area contributed by atoms with E-state index < -0.39 is 10.0 Å². The number of nitrogens with zero attached hydrogens (tertiary/aromatic N) is 4. The molecule has 1 aromatic heterocycles. The second-order valence-corrected chi connectivity index (χ2v) is 9.39. The number of para-hydroxylation sites is 1. The van der Waals surface area contributed by atoms with E-state index >= 15 is 0 Å². The Morgan fingerprint density at radius 2 is 1.64 bits per heavy atom. The monoisotopic (exact) mass is 455 g/mol. The first-order chi connectivity index (χ1) is 16.0. The number of hydrogen-bond acceptors (Lipinski definition) is 5. The maximum absolute atomic E-state index is 12.9. The highest BCUT2D eigenvalue weighted by Crippen LogP contribution is 2.21. The van der Waals surface area contributed by atoms with Crippen molar-refractivity contribution in [3.05, 3.63) is 102 Å². The summed E-state index contributed by atoms with van der Waals surface area (Å²) in [6.45, 7) is 2.15. The number of sulfonamides is 1. The van der Waals surface area contributed by atoms with Gasteiger partial charge in [-0.25, -0.2) is 4.68 Å². The van der Waals surface area contributed by atoms with Crippen molar-refractivity contribution >= 4 is 37.5 Å². The molecule has 33 heavy (non-hydrogen) atoms. The minimum absolute atomic E-state index is 0.153. The first kappa shape index (κ1) is 20.8. The van der Waals surface area contributed by atoms with E-state index in [1.807, 2.05) is 73.7 Å². The van der Waals surface area contributed by atoms with E-state index in [1.165, 1.54) is 0 Å². The molecule has 0 radical (unpaired) electrons. The zero-order valence-electron chi connectivity index (χ0n) is 17.9. The molecule has 0 fully saturated rings. The average molecular weight is 456 g/mol. The van der Waals surface area contributed by atoms with E-state index in [-0.39, 0.29) is 11.4 Å². The molecule has 1 heterocycles. The molecule has 5 aromatic rings. The van der Waals surface area contributed by atoms with Crippen LogP contribution in [0.4, 0.5) is 0 Å². The van der Waals surface area contributed by atoms with Crippen molar-refractivity contribution in [3.63, 3.8) is 0 Å². The first-order valence-electron chi connectivity index (χ1n) is 10.4. The van der Waals surface area contributed by atoms with Gasteiger partial charge in [-0.2, -0.15) is 18.4 Å². The quantitative estimate of drug-likeness (QED) is 0.306. The van der Waals surface area contributed by atoms with Gasteiger partial charge in [-0.15, -0.1) is 5.10 Å². The molecule has 0 aliphatic heterocycles. The molecule has 0 saturated carbocycles. The Bertz CT molecular complexity index is 1580. The molecule has 0 aliphatic carbocycles. The summed E-state index contributed by atoms with van der Waals surface area (Å²) < 4.78 is 27.5. The van der Waals surface area contributed by atoms with Crippen LogP contribution in [0.1, 0.15) is 11.1 Å². The molecule has 164 valence electrons. The molecule has 0 saturated heterocycles. The molecule has 0 bridgehead atoms. The van der Waals surface area contributed by atoms with Crippen LogP contribution in [0.2, 0.25) is 0 Å². The van der Waals surface area contributed by atoms with Crippen LogP contribution in [-0.2, 0) is 16.6 Å². The summed E-state index contributed by atoms with van der Waals surface area (Å²) in [5, 5.41) is 14.9. The van der Waals surface area contributed by atoms with Crippen LogP contribution in [0.5, 0.6) is 0 Å². The van der Waals surface area contributed by atoms with Gasteiger partial charge in [-0.3, -0.25) is 0 Å². The highest BCUT2D eigenvalue weighted by Gasteiger charge is 2.16. The van der Waals surface area contributed by atoms with Gasteiger partial charge < -0.3 is 0 Å². The van der Waals surface area contributed by atoms with E-state index in [1.54, 1.807) is 28.9 Å². The van der Waals surface area contributed by atoms with Crippen LogP contribution in [0.3, 0.4) is 0 Å². The van der Waals surface area contributed by atoms with Crippen molar-refractivity contribution in [1.29, 1.82) is 0 Å². The molecular formula is C25H21N5O2S. The van der Waals surface area contributed by atoms with Crippen molar-refractivity contribution < 1.29 is 8.42 Å². The number of rotatable bonds is 6. The van der Waals surface area contributed by atoms with Gasteiger partial charge in [0.15, 0.2) is 0 Å². The summed E-state index contributed by atoms with van der Waals surface area (Å²) in [6.07, 6.45) is 0. The van der Waals surface area contributed by atoms with Gasteiger partial charge in [0.1, 0.15) is 5.52 Å². The number of aryl methyl sites for hydroxylation is 1. The molecular weight excluding hydrogens is 434 g/mol. The van der Waals surface area contributed by atoms with Gasteiger partial charge in [-0.05, 0) is 42.0 Å². The third-order valence-electron chi connectivity index (χ3n) is 5.45. The third-order valence-corrected chi connectivity index (χ3v) is 6.68. The van der Waals surface area contributed by atoms with E-state index in [2.05, 4.69) is 20.2 Å².